The van der Waals surface area contributed by atoms with Crippen LogP contribution in [0.5, 0.6) is 11.5 Å². The number of aromatic hydroxyl groups is 1. The molecule has 34 heavy (non-hydrogen) atoms. The molecule has 3 heterocycles. The smallest absolute Gasteiger partial charge is 0.253 e. The van der Waals surface area contributed by atoms with Gasteiger partial charge in [0.05, 0.1) is 27.6 Å². The monoisotopic (exact) mass is 481 g/mol. The number of nitrogens with one attached hydrogen (secondary N) is 1. The third-order valence-electron chi connectivity index (χ3n) is 9.10. The van der Waals surface area contributed by atoms with Crippen LogP contribution in [0.4, 0.5) is 0 Å². The van der Waals surface area contributed by atoms with Crippen LogP contribution in [0.3, 0.4) is 0 Å². The fourth-order valence-electron chi connectivity index (χ4n) is 7.43. The second-order valence-electron chi connectivity index (χ2n) is 10.8. The number of hydrogen-bond donors (Lipinski definition) is 3. The van der Waals surface area contributed by atoms with E-state index in [2.05, 4.69) is 15.2 Å². The summed E-state index contributed by atoms with van der Waals surface area (Å²) in [6.45, 7) is 1.92. The molecule has 5 atom stereocenters. The van der Waals surface area contributed by atoms with Gasteiger partial charge in [0.2, 0.25) is 0 Å². The SMILES string of the molecule is O=C(N[C@@H]1CC[C@@]2(O)[C@H]3Cc4ccc(O)c5c4[C@@]2(CCN3CC2CC2)[C@H]1O5)c1ccncc1Cl. The molecule has 1 aromatic carbocycles. The van der Waals surface area contributed by atoms with Crippen LogP contribution < -0.4 is 10.1 Å². The van der Waals surface area contributed by atoms with Crippen LogP contribution in [-0.4, -0.2) is 62.9 Å². The van der Waals surface area contributed by atoms with Crippen molar-refractivity contribution in [1.82, 2.24) is 15.2 Å². The standard InChI is InChI=1S/C26H28ClN3O4/c27-17-12-28-9-6-16(17)24(32)29-18-5-7-26(33)20-11-15-3-4-19(31)22-21(15)25(26,23(18)34-22)8-10-30(20)13-14-1-2-14/h3-4,6,9,12,14,18,20,23,31,33H,1-2,5,7-8,10-11,13H2,(H,29,32)/t18-,20-,23+,25+,26-/m1/s1. The predicted molar refractivity (Wildman–Crippen MR) is 125 cm³/mol. The van der Waals surface area contributed by atoms with Crippen molar-refractivity contribution in [3.63, 3.8) is 0 Å². The van der Waals surface area contributed by atoms with E-state index in [0.29, 0.717) is 29.2 Å². The number of ether oxygens (including phenoxy) is 1. The zero-order valence-corrected chi connectivity index (χ0v) is 19.6. The number of aromatic nitrogens is 1. The van der Waals surface area contributed by atoms with Crippen LogP contribution in [0.1, 0.15) is 53.6 Å². The van der Waals surface area contributed by atoms with Crippen molar-refractivity contribution in [2.45, 2.75) is 67.7 Å². The highest BCUT2D eigenvalue weighted by atomic mass is 35.5. The van der Waals surface area contributed by atoms with Crippen molar-refractivity contribution in [2.75, 3.05) is 13.1 Å². The van der Waals surface area contributed by atoms with Crippen LogP contribution in [0.15, 0.2) is 30.6 Å². The normalized spacial score (nSPS) is 35.4. The first-order chi connectivity index (χ1) is 16.4. The summed E-state index contributed by atoms with van der Waals surface area (Å²) in [4.78, 5) is 19.6. The third-order valence-corrected chi connectivity index (χ3v) is 9.40. The zero-order valence-electron chi connectivity index (χ0n) is 18.8. The maximum Gasteiger partial charge on any atom is 0.253 e. The van der Waals surface area contributed by atoms with Crippen LogP contribution in [0, 0.1) is 5.92 Å². The molecule has 2 aromatic rings. The number of piperidine rings is 1. The van der Waals surface area contributed by atoms with Gasteiger partial charge in [-0.2, -0.15) is 0 Å². The van der Waals surface area contributed by atoms with Crippen LogP contribution >= 0.6 is 11.6 Å². The molecule has 0 unspecified atom stereocenters. The number of likely N-dealkylation sites (tertiary alicyclic amines) is 1. The number of hydrogen-bond acceptors (Lipinski definition) is 6. The number of benzene rings is 1. The van der Waals surface area contributed by atoms with E-state index in [9.17, 15) is 15.0 Å². The lowest BCUT2D eigenvalue weighted by Crippen LogP contribution is -2.78. The number of carbonyl (C=O) groups is 1. The largest absolute Gasteiger partial charge is 0.504 e. The summed E-state index contributed by atoms with van der Waals surface area (Å²) in [5, 5.41) is 26.6. The van der Waals surface area contributed by atoms with Crippen molar-refractivity contribution in [2.24, 2.45) is 5.92 Å². The molecule has 7 rings (SSSR count). The van der Waals surface area contributed by atoms with Crippen molar-refractivity contribution >= 4 is 17.5 Å². The van der Waals surface area contributed by atoms with Crippen LogP contribution in [0.2, 0.25) is 5.02 Å². The highest BCUT2D eigenvalue weighted by molar-refractivity contribution is 6.33. The van der Waals surface area contributed by atoms with E-state index in [1.54, 1.807) is 18.3 Å². The summed E-state index contributed by atoms with van der Waals surface area (Å²) in [5.74, 6) is 1.05. The molecule has 2 aliphatic heterocycles. The number of pyridine rings is 1. The molecule has 2 saturated carbocycles. The first-order valence-corrected chi connectivity index (χ1v) is 12.7. The van der Waals surface area contributed by atoms with Crippen LogP contribution in [0.25, 0.3) is 0 Å². The molecule has 0 radical (unpaired) electrons. The summed E-state index contributed by atoms with van der Waals surface area (Å²) < 4.78 is 6.49. The summed E-state index contributed by atoms with van der Waals surface area (Å²) in [7, 11) is 0. The Balaban J connectivity index is 1.30. The molecule has 1 amide bonds. The Hall–Kier alpha value is -2.35. The molecular formula is C26H28ClN3O4. The quantitative estimate of drug-likeness (QED) is 0.621. The van der Waals surface area contributed by atoms with E-state index >= 15 is 0 Å². The summed E-state index contributed by atoms with van der Waals surface area (Å²) >= 11 is 6.23. The number of nitrogens with zero attached hydrogens (tertiary/aromatic N) is 2. The molecule has 5 aliphatic rings. The van der Waals surface area contributed by atoms with Gasteiger partial charge in [0.15, 0.2) is 11.5 Å². The Labute approximate surface area is 203 Å². The van der Waals surface area contributed by atoms with Crippen LogP contribution in [-0.2, 0) is 11.8 Å². The fraction of sp³-hybridized carbons (Fsp3) is 0.538. The number of rotatable bonds is 4. The molecule has 3 N–H and O–H groups in total. The highest BCUT2D eigenvalue weighted by Crippen LogP contribution is 2.65. The molecule has 1 saturated heterocycles. The molecule has 7 nitrogen and oxygen atoms in total. The van der Waals surface area contributed by atoms with E-state index in [1.807, 2.05) is 6.07 Å². The van der Waals surface area contributed by atoms with Crippen molar-refractivity contribution in [3.05, 3.63) is 52.3 Å². The summed E-state index contributed by atoms with van der Waals surface area (Å²) in [6.07, 6.45) is 7.77. The summed E-state index contributed by atoms with van der Waals surface area (Å²) in [6, 6.07) is 5.01. The van der Waals surface area contributed by atoms with Gasteiger partial charge in [-0.25, -0.2) is 0 Å². The maximum absolute atomic E-state index is 13.2. The second kappa shape index (κ2) is 7.09. The summed E-state index contributed by atoms with van der Waals surface area (Å²) in [5.41, 5.74) is 0.858. The Morgan fingerprint density at radius 2 is 2.12 bits per heavy atom. The number of phenolic OH excluding ortho intramolecular Hbond substituents is 1. The number of carbonyl (C=O) groups excluding carboxylic acids is 1. The molecule has 1 aromatic heterocycles. The van der Waals surface area contributed by atoms with Gasteiger partial charge in [-0.05, 0) is 68.7 Å². The minimum atomic E-state index is -0.966. The highest BCUT2D eigenvalue weighted by Gasteiger charge is 2.73. The first-order valence-electron chi connectivity index (χ1n) is 12.3. The predicted octanol–water partition coefficient (Wildman–Crippen LogP) is 2.80. The minimum Gasteiger partial charge on any atom is -0.504 e. The Bertz CT molecular complexity index is 1200. The van der Waals surface area contributed by atoms with Crippen molar-refractivity contribution in [1.29, 1.82) is 0 Å². The molecule has 3 fully saturated rings. The van der Waals surface area contributed by atoms with Gasteiger partial charge in [0, 0.05) is 30.5 Å². The van der Waals surface area contributed by atoms with Gasteiger partial charge < -0.3 is 20.3 Å². The topological polar surface area (TPSA) is 94.9 Å². The zero-order chi connectivity index (χ0) is 23.2. The number of aliphatic hydroxyl groups is 1. The van der Waals surface area contributed by atoms with E-state index in [0.717, 1.165) is 43.0 Å². The Kier molecular flexibility index (Phi) is 4.37. The number of phenols is 1. The lowest BCUT2D eigenvalue weighted by molar-refractivity contribution is -0.191. The molecule has 8 heteroatoms. The van der Waals surface area contributed by atoms with Crippen molar-refractivity contribution in [3.8, 4) is 11.5 Å². The molecular weight excluding hydrogens is 454 g/mol. The lowest BCUT2D eigenvalue weighted by atomic mass is 9.48. The number of halogens is 1. The lowest BCUT2D eigenvalue weighted by Gasteiger charge is -2.64. The average molecular weight is 482 g/mol. The second-order valence-corrected chi connectivity index (χ2v) is 11.2. The molecule has 2 bridgehead atoms. The van der Waals surface area contributed by atoms with Gasteiger partial charge >= 0.3 is 0 Å². The van der Waals surface area contributed by atoms with Gasteiger partial charge in [0.25, 0.3) is 5.91 Å². The molecule has 1 spiro atoms. The van der Waals surface area contributed by atoms with E-state index in [1.165, 1.54) is 19.0 Å². The molecule has 3 aliphatic carbocycles. The Morgan fingerprint density at radius 3 is 2.91 bits per heavy atom. The van der Waals surface area contributed by atoms with Gasteiger partial charge in [-0.1, -0.05) is 17.7 Å². The minimum absolute atomic E-state index is 0.0160. The molecule has 178 valence electrons. The third kappa shape index (κ3) is 2.66. The number of amides is 1. The van der Waals surface area contributed by atoms with Gasteiger partial charge in [0.1, 0.15) is 6.10 Å². The van der Waals surface area contributed by atoms with Gasteiger partial charge in [-0.15, -0.1) is 0 Å². The first kappa shape index (κ1) is 21.0. The average Bonchev–Trinajstić information content (AvgIpc) is 3.56. The van der Waals surface area contributed by atoms with E-state index in [-0.39, 0.29) is 23.7 Å². The fourth-order valence-corrected chi connectivity index (χ4v) is 7.64. The van der Waals surface area contributed by atoms with Crippen molar-refractivity contribution < 1.29 is 19.7 Å². The van der Waals surface area contributed by atoms with E-state index < -0.39 is 17.1 Å². The Morgan fingerprint density at radius 1 is 1.26 bits per heavy atom. The van der Waals surface area contributed by atoms with Gasteiger partial charge in [-0.3, -0.25) is 14.7 Å². The van der Waals surface area contributed by atoms with E-state index in [4.69, 9.17) is 16.3 Å². The maximum atomic E-state index is 13.2.